The van der Waals surface area contributed by atoms with E-state index in [0.29, 0.717) is 29.7 Å². The van der Waals surface area contributed by atoms with Crippen molar-refractivity contribution < 1.29 is 9.59 Å². The number of amides is 2. The van der Waals surface area contributed by atoms with Gasteiger partial charge in [0.25, 0.3) is 0 Å². The number of rotatable bonds is 3. The Morgan fingerprint density at radius 1 is 1.17 bits per heavy atom. The van der Waals surface area contributed by atoms with Crippen molar-refractivity contribution in [1.82, 2.24) is 9.80 Å². The lowest BCUT2D eigenvalue weighted by Crippen LogP contribution is -2.49. The summed E-state index contributed by atoms with van der Waals surface area (Å²) in [6.07, 6.45) is 6.64. The van der Waals surface area contributed by atoms with Crippen LogP contribution >= 0.6 is 0 Å². The summed E-state index contributed by atoms with van der Waals surface area (Å²) in [7, 11) is 1.93. The first-order valence-corrected chi connectivity index (χ1v) is 9.21. The maximum absolute atomic E-state index is 12.8. The van der Waals surface area contributed by atoms with Crippen molar-refractivity contribution in [3.63, 3.8) is 0 Å². The molecule has 2 N–H and O–H groups in total. The van der Waals surface area contributed by atoms with Gasteiger partial charge >= 0.3 is 0 Å². The van der Waals surface area contributed by atoms with Gasteiger partial charge in [-0.05, 0) is 49.9 Å². The van der Waals surface area contributed by atoms with Gasteiger partial charge in [0.05, 0.1) is 0 Å². The number of hydrogen-bond acceptors (Lipinski definition) is 3. The van der Waals surface area contributed by atoms with Gasteiger partial charge in [-0.3, -0.25) is 9.59 Å². The van der Waals surface area contributed by atoms with E-state index in [1.165, 1.54) is 19.3 Å². The van der Waals surface area contributed by atoms with Crippen LogP contribution in [0.15, 0.2) is 0 Å². The van der Waals surface area contributed by atoms with Gasteiger partial charge in [-0.15, -0.1) is 0 Å². The maximum atomic E-state index is 12.8. The minimum Gasteiger partial charge on any atom is -0.345 e. The lowest BCUT2D eigenvalue weighted by atomic mass is 9.65. The Bertz CT molecular complexity index is 453. The fraction of sp³-hybridized carbons (Fsp3) is 0.889. The van der Waals surface area contributed by atoms with E-state index in [1.54, 1.807) is 6.92 Å². The third-order valence-corrected chi connectivity index (χ3v) is 6.40. The monoisotopic (exact) mass is 321 g/mol. The molecule has 5 nitrogen and oxygen atoms in total. The van der Waals surface area contributed by atoms with Crippen LogP contribution in [0.2, 0.25) is 0 Å². The molecular weight excluding hydrogens is 290 g/mol. The molecule has 1 saturated heterocycles. The first-order chi connectivity index (χ1) is 11.0. The summed E-state index contributed by atoms with van der Waals surface area (Å²) in [6.45, 7) is 4.04. The van der Waals surface area contributed by atoms with Crippen molar-refractivity contribution in [3.8, 4) is 0 Å². The zero-order valence-electron chi connectivity index (χ0n) is 14.5. The fourth-order valence-corrected chi connectivity index (χ4v) is 5.05. The van der Waals surface area contributed by atoms with Crippen LogP contribution < -0.4 is 5.73 Å². The molecule has 1 aliphatic heterocycles. The van der Waals surface area contributed by atoms with Crippen molar-refractivity contribution in [2.75, 3.05) is 26.7 Å². The molecule has 2 saturated carbocycles. The zero-order valence-corrected chi connectivity index (χ0v) is 14.5. The van der Waals surface area contributed by atoms with Gasteiger partial charge in [0.2, 0.25) is 11.8 Å². The summed E-state index contributed by atoms with van der Waals surface area (Å²) in [5, 5.41) is 0. The molecule has 23 heavy (non-hydrogen) atoms. The van der Waals surface area contributed by atoms with E-state index in [4.69, 9.17) is 5.73 Å². The molecule has 1 heterocycles. The number of fused-ring (bicyclic) bond motifs is 2. The van der Waals surface area contributed by atoms with Crippen molar-refractivity contribution >= 4 is 11.8 Å². The molecule has 3 unspecified atom stereocenters. The molecule has 0 aromatic heterocycles. The summed E-state index contributed by atoms with van der Waals surface area (Å²) in [5.74, 6) is 2.14. The Balaban J connectivity index is 1.53. The molecule has 3 fully saturated rings. The second-order valence-corrected chi connectivity index (χ2v) is 8.04. The van der Waals surface area contributed by atoms with Gasteiger partial charge < -0.3 is 15.5 Å². The van der Waals surface area contributed by atoms with E-state index in [9.17, 15) is 9.59 Å². The third-order valence-electron chi connectivity index (χ3n) is 6.40. The van der Waals surface area contributed by atoms with Crippen LogP contribution in [0.25, 0.3) is 0 Å². The standard InChI is InChI=1S/C18H31N3O2/c1-12(22)21-7-6-13(11-21)10-20(2)18(23)16-8-14-4-3-5-15(9-16)17(14)19/h13-17H,3-11,19H2,1-2H3. The number of hydrogen-bond donors (Lipinski definition) is 1. The molecular formula is C18H31N3O2. The smallest absolute Gasteiger partial charge is 0.225 e. The summed E-state index contributed by atoms with van der Waals surface area (Å²) < 4.78 is 0. The van der Waals surface area contributed by atoms with Crippen LogP contribution in [0, 0.1) is 23.7 Å². The molecule has 2 aliphatic carbocycles. The van der Waals surface area contributed by atoms with Crippen LogP contribution in [-0.4, -0.2) is 54.3 Å². The fourth-order valence-electron chi connectivity index (χ4n) is 5.05. The number of nitrogens with zero attached hydrogens (tertiary/aromatic N) is 2. The van der Waals surface area contributed by atoms with Crippen molar-refractivity contribution in [2.24, 2.45) is 29.4 Å². The van der Waals surface area contributed by atoms with E-state index in [-0.39, 0.29) is 11.8 Å². The highest BCUT2D eigenvalue weighted by Crippen LogP contribution is 2.42. The quantitative estimate of drug-likeness (QED) is 0.856. The lowest BCUT2D eigenvalue weighted by Gasteiger charge is -2.44. The summed E-state index contributed by atoms with van der Waals surface area (Å²) >= 11 is 0. The maximum Gasteiger partial charge on any atom is 0.225 e. The Morgan fingerprint density at radius 3 is 2.39 bits per heavy atom. The van der Waals surface area contributed by atoms with E-state index >= 15 is 0 Å². The second kappa shape index (κ2) is 6.80. The highest BCUT2D eigenvalue weighted by atomic mass is 16.2. The Labute approximate surface area is 139 Å². The van der Waals surface area contributed by atoms with Gasteiger partial charge in [-0.2, -0.15) is 0 Å². The minimum atomic E-state index is 0.149. The molecule has 2 amide bonds. The summed E-state index contributed by atoms with van der Waals surface area (Å²) in [5.41, 5.74) is 6.34. The molecule has 0 spiro atoms. The normalized spacial score (nSPS) is 36.8. The highest BCUT2D eigenvalue weighted by Gasteiger charge is 2.41. The van der Waals surface area contributed by atoms with Gasteiger partial charge in [0.1, 0.15) is 0 Å². The number of likely N-dealkylation sites (tertiary alicyclic amines) is 1. The van der Waals surface area contributed by atoms with Gasteiger partial charge in [0, 0.05) is 45.6 Å². The average molecular weight is 321 g/mol. The van der Waals surface area contributed by atoms with Crippen LogP contribution in [0.1, 0.15) is 45.4 Å². The summed E-state index contributed by atoms with van der Waals surface area (Å²) in [6, 6.07) is 0.317. The lowest BCUT2D eigenvalue weighted by molar-refractivity contribution is -0.137. The molecule has 130 valence electrons. The van der Waals surface area contributed by atoms with Crippen LogP contribution in [0.5, 0.6) is 0 Å². The SMILES string of the molecule is CC(=O)N1CCC(CN(C)C(=O)C2CC3CCCC(C2)C3N)C1. The zero-order chi connectivity index (χ0) is 16.6. The Morgan fingerprint density at radius 2 is 1.83 bits per heavy atom. The molecule has 0 aromatic carbocycles. The van der Waals surface area contributed by atoms with Gasteiger partial charge in [0.15, 0.2) is 0 Å². The number of carbonyl (C=O) groups excluding carboxylic acids is 2. The molecule has 3 rings (SSSR count). The van der Waals surface area contributed by atoms with Gasteiger partial charge in [-0.1, -0.05) is 6.42 Å². The largest absolute Gasteiger partial charge is 0.345 e. The van der Waals surface area contributed by atoms with Crippen LogP contribution in [0.4, 0.5) is 0 Å². The van der Waals surface area contributed by atoms with Crippen molar-refractivity contribution in [2.45, 2.75) is 51.5 Å². The van der Waals surface area contributed by atoms with Gasteiger partial charge in [-0.25, -0.2) is 0 Å². The van der Waals surface area contributed by atoms with E-state index in [2.05, 4.69) is 0 Å². The van der Waals surface area contributed by atoms with Crippen LogP contribution in [0.3, 0.4) is 0 Å². The first-order valence-electron chi connectivity index (χ1n) is 9.21. The predicted octanol–water partition coefficient (Wildman–Crippen LogP) is 1.47. The topological polar surface area (TPSA) is 66.6 Å². The third kappa shape index (κ3) is 3.54. The van der Waals surface area contributed by atoms with Crippen molar-refractivity contribution in [3.05, 3.63) is 0 Å². The number of carbonyl (C=O) groups is 2. The second-order valence-electron chi connectivity index (χ2n) is 8.04. The van der Waals surface area contributed by atoms with E-state index < -0.39 is 0 Å². The molecule has 3 aliphatic rings. The highest BCUT2D eigenvalue weighted by molar-refractivity contribution is 5.79. The van der Waals surface area contributed by atoms with E-state index in [0.717, 1.165) is 38.9 Å². The van der Waals surface area contributed by atoms with E-state index in [1.807, 2.05) is 16.8 Å². The minimum absolute atomic E-state index is 0.149. The Hall–Kier alpha value is -1.10. The number of nitrogens with two attached hydrogens (primary N) is 1. The average Bonchev–Trinajstić information content (AvgIpc) is 2.95. The first kappa shape index (κ1) is 16.7. The van der Waals surface area contributed by atoms with Crippen molar-refractivity contribution in [1.29, 1.82) is 0 Å². The molecule has 3 atom stereocenters. The molecule has 0 aromatic rings. The molecule has 2 bridgehead atoms. The molecule has 5 heteroatoms. The predicted molar refractivity (Wildman–Crippen MR) is 89.5 cm³/mol. The summed E-state index contributed by atoms with van der Waals surface area (Å²) in [4.78, 5) is 28.1. The molecule has 0 radical (unpaired) electrons. The Kier molecular flexibility index (Phi) is 4.95. The van der Waals surface area contributed by atoms with Crippen LogP contribution in [-0.2, 0) is 9.59 Å².